The van der Waals surface area contributed by atoms with E-state index in [2.05, 4.69) is 0 Å². The molecule has 108 valence electrons. The van der Waals surface area contributed by atoms with Gasteiger partial charge in [0, 0.05) is 25.8 Å². The van der Waals surface area contributed by atoms with Gasteiger partial charge in [0.15, 0.2) is 0 Å². The first kappa shape index (κ1) is 15.0. The van der Waals surface area contributed by atoms with Crippen LogP contribution in [0.2, 0.25) is 5.02 Å². The molecule has 5 heteroatoms. The molecule has 20 heavy (non-hydrogen) atoms. The molecule has 1 amide bonds. The molecule has 1 saturated heterocycles. The van der Waals surface area contributed by atoms with Crippen LogP contribution < -0.4 is 0 Å². The monoisotopic (exact) mass is 297 g/mol. The van der Waals surface area contributed by atoms with Gasteiger partial charge in [-0.15, -0.1) is 0 Å². The maximum Gasteiger partial charge on any atom is 0.246 e. The van der Waals surface area contributed by atoms with Gasteiger partial charge >= 0.3 is 0 Å². The first-order chi connectivity index (χ1) is 9.60. The summed E-state index contributed by atoms with van der Waals surface area (Å²) in [7, 11) is 0. The van der Waals surface area contributed by atoms with E-state index in [0.29, 0.717) is 24.6 Å². The Balaban J connectivity index is 1.94. The van der Waals surface area contributed by atoms with Crippen molar-refractivity contribution in [1.29, 1.82) is 0 Å². The molecule has 1 aromatic rings. The number of halogens is 2. The van der Waals surface area contributed by atoms with Crippen molar-refractivity contribution in [2.24, 2.45) is 5.92 Å². The highest BCUT2D eigenvalue weighted by Gasteiger charge is 2.20. The zero-order valence-electron chi connectivity index (χ0n) is 11.1. The van der Waals surface area contributed by atoms with Crippen molar-refractivity contribution in [2.45, 2.75) is 12.8 Å². The van der Waals surface area contributed by atoms with Gasteiger partial charge < -0.3 is 10.0 Å². The minimum atomic E-state index is -0.471. The van der Waals surface area contributed by atoms with Gasteiger partial charge in [-0.3, -0.25) is 4.79 Å². The Labute approximate surface area is 122 Å². The highest BCUT2D eigenvalue weighted by atomic mass is 35.5. The molecule has 1 aliphatic rings. The number of piperidine rings is 1. The van der Waals surface area contributed by atoms with Crippen LogP contribution in [0.4, 0.5) is 4.39 Å². The molecule has 1 aromatic carbocycles. The topological polar surface area (TPSA) is 40.5 Å². The summed E-state index contributed by atoms with van der Waals surface area (Å²) in [5, 5.41) is 9.10. The molecule has 0 radical (unpaired) electrons. The summed E-state index contributed by atoms with van der Waals surface area (Å²) in [5.74, 6) is -0.234. The summed E-state index contributed by atoms with van der Waals surface area (Å²) in [6, 6.07) is 4.33. The number of benzene rings is 1. The van der Waals surface area contributed by atoms with Crippen molar-refractivity contribution in [3.63, 3.8) is 0 Å². The zero-order valence-corrected chi connectivity index (χ0v) is 11.8. The summed E-state index contributed by atoms with van der Waals surface area (Å²) in [5.41, 5.74) is 0.690. The molecule has 0 spiro atoms. The average molecular weight is 298 g/mol. The summed E-state index contributed by atoms with van der Waals surface area (Å²) in [6.07, 6.45) is 4.77. The van der Waals surface area contributed by atoms with Crippen LogP contribution in [0.15, 0.2) is 24.3 Å². The fourth-order valence-corrected chi connectivity index (χ4v) is 2.41. The van der Waals surface area contributed by atoms with Gasteiger partial charge in [0.25, 0.3) is 0 Å². The number of hydrogen-bond donors (Lipinski definition) is 1. The van der Waals surface area contributed by atoms with Crippen LogP contribution >= 0.6 is 11.6 Å². The second-order valence-corrected chi connectivity index (χ2v) is 5.37. The van der Waals surface area contributed by atoms with Gasteiger partial charge in [-0.1, -0.05) is 17.7 Å². The highest BCUT2D eigenvalue weighted by Crippen LogP contribution is 2.18. The fourth-order valence-electron chi connectivity index (χ4n) is 2.22. The quantitative estimate of drug-likeness (QED) is 0.872. The van der Waals surface area contributed by atoms with E-state index in [-0.39, 0.29) is 17.5 Å². The second kappa shape index (κ2) is 6.86. The van der Waals surface area contributed by atoms with Gasteiger partial charge in [-0.2, -0.15) is 0 Å². The van der Waals surface area contributed by atoms with Crippen LogP contribution in [0, 0.1) is 11.7 Å². The third-order valence-corrected chi connectivity index (χ3v) is 3.84. The molecule has 0 unspecified atom stereocenters. The lowest BCUT2D eigenvalue weighted by atomic mass is 9.98. The molecular weight excluding hydrogens is 281 g/mol. The molecule has 1 N–H and O–H groups in total. The van der Waals surface area contributed by atoms with Crippen molar-refractivity contribution >= 4 is 23.6 Å². The number of nitrogens with zero attached hydrogens (tertiary/aromatic N) is 1. The standard InChI is InChI=1S/C15H17ClFNO2/c16-13-9-11(1-3-14(13)17)2-4-15(20)18-7-5-12(10-19)6-8-18/h1-4,9,12,19H,5-8,10H2/b4-2+. The van der Waals surface area contributed by atoms with Crippen molar-refractivity contribution in [3.05, 3.63) is 40.7 Å². The van der Waals surface area contributed by atoms with E-state index in [1.165, 1.54) is 18.2 Å². The molecule has 0 saturated carbocycles. The Hall–Kier alpha value is -1.39. The number of aliphatic hydroxyl groups is 1. The van der Waals surface area contributed by atoms with E-state index in [1.807, 2.05) is 0 Å². The third kappa shape index (κ3) is 3.81. The number of carbonyl (C=O) groups is 1. The van der Waals surface area contributed by atoms with E-state index >= 15 is 0 Å². The Morgan fingerprint density at radius 2 is 2.15 bits per heavy atom. The lowest BCUT2D eigenvalue weighted by molar-refractivity contribution is -0.127. The molecule has 2 rings (SSSR count). The van der Waals surface area contributed by atoms with Gasteiger partial charge in [0.05, 0.1) is 5.02 Å². The van der Waals surface area contributed by atoms with Crippen LogP contribution in [0.5, 0.6) is 0 Å². The smallest absolute Gasteiger partial charge is 0.246 e. The van der Waals surface area contributed by atoms with Gasteiger partial charge in [-0.05, 0) is 42.5 Å². The van der Waals surface area contributed by atoms with Crippen LogP contribution in [-0.4, -0.2) is 35.6 Å². The summed E-state index contributed by atoms with van der Waals surface area (Å²) >= 11 is 5.68. The molecule has 3 nitrogen and oxygen atoms in total. The zero-order chi connectivity index (χ0) is 14.5. The van der Waals surface area contributed by atoms with Crippen molar-refractivity contribution in [1.82, 2.24) is 4.90 Å². The molecule has 0 atom stereocenters. The Kier molecular flexibility index (Phi) is 5.15. The first-order valence-corrected chi connectivity index (χ1v) is 7.01. The minimum Gasteiger partial charge on any atom is -0.396 e. The van der Waals surface area contributed by atoms with E-state index in [1.54, 1.807) is 17.0 Å². The highest BCUT2D eigenvalue weighted by molar-refractivity contribution is 6.30. The maximum absolute atomic E-state index is 13.0. The average Bonchev–Trinajstić information content (AvgIpc) is 2.48. The van der Waals surface area contributed by atoms with Crippen molar-refractivity contribution < 1.29 is 14.3 Å². The predicted octanol–water partition coefficient (Wildman–Crippen LogP) is 2.72. The largest absolute Gasteiger partial charge is 0.396 e. The normalized spacial score (nSPS) is 16.9. The van der Waals surface area contributed by atoms with E-state index < -0.39 is 5.82 Å². The lowest BCUT2D eigenvalue weighted by Gasteiger charge is -2.30. The fraction of sp³-hybridized carbons (Fsp3) is 0.400. The molecule has 1 heterocycles. The van der Waals surface area contributed by atoms with Gasteiger partial charge in [0.2, 0.25) is 5.91 Å². The van der Waals surface area contributed by atoms with Crippen LogP contribution in [0.1, 0.15) is 18.4 Å². The Morgan fingerprint density at radius 1 is 1.45 bits per heavy atom. The molecule has 0 aromatic heterocycles. The summed E-state index contributed by atoms with van der Waals surface area (Å²) in [4.78, 5) is 13.7. The van der Waals surface area contributed by atoms with E-state index in [4.69, 9.17) is 16.7 Å². The number of amides is 1. The SMILES string of the molecule is O=C(/C=C/c1ccc(F)c(Cl)c1)N1CCC(CO)CC1. The van der Waals surface area contributed by atoms with E-state index in [0.717, 1.165) is 12.8 Å². The van der Waals surface area contributed by atoms with Gasteiger partial charge in [-0.25, -0.2) is 4.39 Å². The lowest BCUT2D eigenvalue weighted by Crippen LogP contribution is -2.38. The number of likely N-dealkylation sites (tertiary alicyclic amines) is 1. The molecular formula is C15H17ClFNO2. The first-order valence-electron chi connectivity index (χ1n) is 6.63. The molecule has 0 bridgehead atoms. The van der Waals surface area contributed by atoms with Crippen LogP contribution in [0.25, 0.3) is 6.08 Å². The van der Waals surface area contributed by atoms with Crippen molar-refractivity contribution in [3.8, 4) is 0 Å². The number of carbonyl (C=O) groups excluding carboxylic acids is 1. The minimum absolute atomic E-state index is 0.0448. The van der Waals surface area contributed by atoms with Crippen LogP contribution in [0.3, 0.4) is 0 Å². The van der Waals surface area contributed by atoms with Gasteiger partial charge in [0.1, 0.15) is 5.82 Å². The summed E-state index contributed by atoms with van der Waals surface area (Å²) < 4.78 is 13.0. The molecule has 0 aliphatic carbocycles. The Morgan fingerprint density at radius 3 is 2.75 bits per heavy atom. The van der Waals surface area contributed by atoms with Crippen molar-refractivity contribution in [2.75, 3.05) is 19.7 Å². The Bertz CT molecular complexity index is 511. The maximum atomic E-state index is 13.0. The number of hydrogen-bond acceptors (Lipinski definition) is 2. The second-order valence-electron chi connectivity index (χ2n) is 4.96. The molecule has 1 fully saturated rings. The number of aliphatic hydroxyl groups excluding tert-OH is 1. The van der Waals surface area contributed by atoms with Crippen LogP contribution in [-0.2, 0) is 4.79 Å². The number of rotatable bonds is 3. The van der Waals surface area contributed by atoms with E-state index in [9.17, 15) is 9.18 Å². The molecule has 1 aliphatic heterocycles. The predicted molar refractivity (Wildman–Crippen MR) is 76.8 cm³/mol. The third-order valence-electron chi connectivity index (χ3n) is 3.55. The summed E-state index contributed by atoms with van der Waals surface area (Å²) in [6.45, 7) is 1.52.